The number of aliphatic hydroxyl groups excluding tert-OH is 2. The molecule has 1 amide bonds. The number of hydrogen-bond acceptors (Lipinski definition) is 6. The minimum atomic E-state index is -1.15. The van der Waals surface area contributed by atoms with Gasteiger partial charge in [0.1, 0.15) is 24.3 Å². The van der Waals surface area contributed by atoms with Crippen LogP contribution in [0.15, 0.2) is 18.2 Å². The van der Waals surface area contributed by atoms with Gasteiger partial charge >= 0.3 is 0 Å². The molecule has 0 saturated carbocycles. The van der Waals surface area contributed by atoms with E-state index in [4.69, 9.17) is 16.4 Å². The first-order valence-electron chi connectivity index (χ1n) is 9.36. The highest BCUT2D eigenvalue weighted by Gasteiger charge is 2.32. The van der Waals surface area contributed by atoms with Crippen LogP contribution < -0.4 is 10.8 Å². The third-order valence-corrected chi connectivity index (χ3v) is 4.86. The monoisotopic (exact) mass is 415 g/mol. The predicted octanol–water partition coefficient (Wildman–Crippen LogP) is 1.42. The van der Waals surface area contributed by atoms with E-state index < -0.39 is 24.4 Å². The van der Waals surface area contributed by atoms with E-state index in [1.54, 1.807) is 13.1 Å². The molecule has 158 valence electrons. The molecule has 1 aromatic heterocycles. The van der Waals surface area contributed by atoms with Gasteiger partial charge in [-0.15, -0.1) is 6.42 Å². The maximum Gasteiger partial charge on any atom is 0.278 e. The first kappa shape index (κ1) is 21.5. The fourth-order valence-corrected chi connectivity index (χ4v) is 3.42. The summed E-state index contributed by atoms with van der Waals surface area (Å²) in [6.45, 7) is -0.841. The first-order valence-corrected chi connectivity index (χ1v) is 9.36. The summed E-state index contributed by atoms with van der Waals surface area (Å²) in [6, 6.07) is 4.20. The van der Waals surface area contributed by atoms with Crippen LogP contribution >= 0.6 is 0 Å². The Hall–Kier alpha value is -3.19. The molecule has 1 atom stereocenters. The van der Waals surface area contributed by atoms with E-state index in [1.807, 2.05) is 0 Å². The summed E-state index contributed by atoms with van der Waals surface area (Å²) in [5, 5.41) is 21.1. The zero-order valence-electron chi connectivity index (χ0n) is 16.4. The van der Waals surface area contributed by atoms with Crippen LogP contribution in [0.2, 0.25) is 0 Å². The molecule has 0 fully saturated rings. The van der Waals surface area contributed by atoms with Crippen LogP contribution in [0.25, 0.3) is 0 Å². The Kier molecular flexibility index (Phi) is 6.52. The number of terminal acetylenes is 1. The molecule has 3 rings (SSSR count). The summed E-state index contributed by atoms with van der Waals surface area (Å²) in [4.78, 5) is 30.3. The lowest BCUT2D eigenvalue weighted by Crippen LogP contribution is -2.30. The van der Waals surface area contributed by atoms with Gasteiger partial charge in [0.2, 0.25) is 0 Å². The molecule has 1 aliphatic rings. The van der Waals surface area contributed by atoms with Crippen molar-refractivity contribution in [2.75, 3.05) is 18.5 Å². The van der Waals surface area contributed by atoms with Gasteiger partial charge in [0.15, 0.2) is 5.78 Å². The van der Waals surface area contributed by atoms with E-state index in [0.29, 0.717) is 36.1 Å². The summed E-state index contributed by atoms with van der Waals surface area (Å²) in [7, 11) is 1.62. The van der Waals surface area contributed by atoms with Crippen molar-refractivity contribution in [1.82, 2.24) is 10.0 Å². The Morgan fingerprint density at radius 3 is 2.87 bits per heavy atom. The lowest BCUT2D eigenvalue weighted by atomic mass is 9.93. The number of halogens is 1. The summed E-state index contributed by atoms with van der Waals surface area (Å²) < 4.78 is 16.0. The molecule has 0 spiro atoms. The fraction of sp³-hybridized carbons (Fsp3) is 0.333. The number of rotatable bonds is 7. The number of amides is 1. The minimum Gasteiger partial charge on any atom is -0.394 e. The third-order valence-electron chi connectivity index (χ3n) is 4.86. The average molecular weight is 415 g/mol. The van der Waals surface area contributed by atoms with Gasteiger partial charge in [-0.1, -0.05) is 5.92 Å². The summed E-state index contributed by atoms with van der Waals surface area (Å²) in [5.74, 6) is 1.20. The molecular weight excluding hydrogens is 393 g/mol. The molecular formula is C21H22FN3O5. The number of benzene rings is 1. The number of carbonyl (C=O) groups excluding carboxylic acids is 2. The van der Waals surface area contributed by atoms with Crippen LogP contribution in [0, 0.1) is 18.2 Å². The zero-order chi connectivity index (χ0) is 21.8. The average Bonchev–Trinajstić information content (AvgIpc) is 3.02. The highest BCUT2D eigenvalue weighted by Crippen LogP contribution is 2.34. The van der Waals surface area contributed by atoms with Gasteiger partial charge in [0, 0.05) is 19.0 Å². The molecule has 0 radical (unpaired) electrons. The highest BCUT2D eigenvalue weighted by molar-refractivity contribution is 6.07. The second-order valence-electron chi connectivity index (χ2n) is 6.93. The first-order chi connectivity index (χ1) is 14.4. The van der Waals surface area contributed by atoms with E-state index in [0.717, 1.165) is 0 Å². The summed E-state index contributed by atoms with van der Waals surface area (Å²) >= 11 is 0. The Morgan fingerprint density at radius 1 is 1.43 bits per heavy atom. The van der Waals surface area contributed by atoms with Gasteiger partial charge in [0.05, 0.1) is 23.6 Å². The molecule has 30 heavy (non-hydrogen) atoms. The number of carbonyl (C=O) groups is 2. The van der Waals surface area contributed by atoms with Gasteiger partial charge in [0.25, 0.3) is 5.91 Å². The van der Waals surface area contributed by atoms with Crippen molar-refractivity contribution < 1.29 is 29.0 Å². The predicted molar refractivity (Wildman–Crippen MR) is 107 cm³/mol. The molecule has 1 aliphatic carbocycles. The number of nitrogens with one attached hydrogen (secondary N) is 2. The number of hydroxylamine groups is 1. The van der Waals surface area contributed by atoms with Crippen molar-refractivity contribution in [3.63, 3.8) is 0 Å². The van der Waals surface area contributed by atoms with Crippen molar-refractivity contribution >= 4 is 23.2 Å². The van der Waals surface area contributed by atoms with E-state index in [-0.39, 0.29) is 29.5 Å². The van der Waals surface area contributed by atoms with Crippen LogP contribution in [0.5, 0.6) is 0 Å². The maximum atomic E-state index is 14.5. The van der Waals surface area contributed by atoms with Crippen molar-refractivity contribution in [2.45, 2.75) is 25.4 Å². The van der Waals surface area contributed by atoms with Crippen LogP contribution in [-0.2, 0) is 18.3 Å². The van der Waals surface area contributed by atoms with Crippen molar-refractivity contribution in [3.05, 3.63) is 46.4 Å². The van der Waals surface area contributed by atoms with Crippen molar-refractivity contribution in [2.24, 2.45) is 7.05 Å². The number of aromatic nitrogens is 1. The lowest BCUT2D eigenvalue weighted by Gasteiger charge is -2.13. The molecule has 4 N–H and O–H groups in total. The molecule has 0 saturated heterocycles. The number of Topliss-reactive ketones (excluding diaryl/α,β-unsaturated/α-hetero) is 1. The molecule has 1 heterocycles. The third kappa shape index (κ3) is 4.21. The van der Waals surface area contributed by atoms with Gasteiger partial charge in [-0.2, -0.15) is 0 Å². The van der Waals surface area contributed by atoms with Gasteiger partial charge in [-0.3, -0.25) is 14.4 Å². The Bertz CT molecular complexity index is 1020. The Balaban J connectivity index is 1.98. The smallest absolute Gasteiger partial charge is 0.278 e. The van der Waals surface area contributed by atoms with Crippen LogP contribution in [0.4, 0.5) is 15.9 Å². The Morgan fingerprint density at radius 2 is 2.20 bits per heavy atom. The van der Waals surface area contributed by atoms with E-state index in [9.17, 15) is 19.1 Å². The number of ketones is 1. The van der Waals surface area contributed by atoms with Gasteiger partial charge < -0.3 is 20.1 Å². The number of aliphatic hydroxyl groups is 2. The topological polar surface area (TPSA) is 113 Å². The number of hydrogen-bond donors (Lipinski definition) is 4. The number of anilines is 2. The fourth-order valence-electron chi connectivity index (χ4n) is 3.42. The largest absolute Gasteiger partial charge is 0.394 e. The summed E-state index contributed by atoms with van der Waals surface area (Å²) in [6.07, 6.45) is 5.58. The second-order valence-corrected chi connectivity index (χ2v) is 6.93. The van der Waals surface area contributed by atoms with Crippen LogP contribution in [0.3, 0.4) is 0 Å². The minimum absolute atomic E-state index is 0.0880. The standard InChI is InChI=1S/C21H22FN3O5/c1-3-12-7-8-16(15(22)9-12)23-20-18(21(29)24-30-11-13(27)10-26)14-5-4-6-17(28)19(14)25(20)2/h1,7-9,13,23,26-27H,4-6,10-11H2,2H3,(H,24,29). The van der Waals surface area contributed by atoms with Gasteiger partial charge in [-0.05, 0) is 36.6 Å². The maximum absolute atomic E-state index is 14.5. The summed E-state index contributed by atoms with van der Waals surface area (Å²) in [5.41, 5.74) is 3.74. The molecule has 8 nitrogen and oxygen atoms in total. The molecule has 9 heteroatoms. The molecule has 2 aromatic rings. The molecule has 0 bridgehead atoms. The zero-order valence-corrected chi connectivity index (χ0v) is 16.4. The van der Waals surface area contributed by atoms with Crippen molar-refractivity contribution in [3.8, 4) is 12.3 Å². The van der Waals surface area contributed by atoms with E-state index >= 15 is 0 Å². The number of nitrogens with zero attached hydrogens (tertiary/aromatic N) is 1. The van der Waals surface area contributed by atoms with E-state index in [2.05, 4.69) is 16.7 Å². The molecule has 1 unspecified atom stereocenters. The molecule has 0 aliphatic heterocycles. The highest BCUT2D eigenvalue weighted by atomic mass is 19.1. The van der Waals surface area contributed by atoms with Crippen molar-refractivity contribution in [1.29, 1.82) is 0 Å². The molecule has 1 aromatic carbocycles. The van der Waals surface area contributed by atoms with Crippen LogP contribution in [0.1, 0.15) is 44.8 Å². The van der Waals surface area contributed by atoms with Crippen LogP contribution in [-0.4, -0.2) is 45.8 Å². The lowest BCUT2D eigenvalue weighted by molar-refractivity contribution is -0.0295. The quantitative estimate of drug-likeness (QED) is 0.402. The second kappa shape index (κ2) is 9.09. The van der Waals surface area contributed by atoms with Gasteiger partial charge in [-0.25, -0.2) is 9.87 Å². The van der Waals surface area contributed by atoms with E-state index in [1.165, 1.54) is 16.7 Å². The normalized spacial score (nSPS) is 14.0. The number of fused-ring (bicyclic) bond motifs is 1. The Labute approximate surface area is 172 Å². The SMILES string of the molecule is C#Cc1ccc(Nc2c(C(=O)NOCC(O)CO)c3c(n2C)C(=O)CCC3)c(F)c1.